The highest BCUT2D eigenvalue weighted by molar-refractivity contribution is 7.89. The van der Waals surface area contributed by atoms with Crippen molar-refractivity contribution in [2.45, 2.75) is 25.3 Å². The van der Waals surface area contributed by atoms with Crippen molar-refractivity contribution in [3.63, 3.8) is 0 Å². The SMILES string of the molecule is Cc1n[nH]c(C)c1S(=O)(=O)NCc1ccc2c(c1)OCCO2. The molecule has 1 aromatic carbocycles. The first-order chi connectivity index (χ1) is 10.5. The number of hydrogen-bond donors (Lipinski definition) is 2. The van der Waals surface area contributed by atoms with Crippen molar-refractivity contribution in [1.29, 1.82) is 0 Å². The Labute approximate surface area is 128 Å². The van der Waals surface area contributed by atoms with Gasteiger partial charge < -0.3 is 9.47 Å². The molecule has 0 aliphatic carbocycles. The zero-order chi connectivity index (χ0) is 15.7. The van der Waals surface area contributed by atoms with Crippen molar-refractivity contribution in [2.24, 2.45) is 0 Å². The summed E-state index contributed by atoms with van der Waals surface area (Å²) < 4.78 is 38.2. The van der Waals surface area contributed by atoms with E-state index >= 15 is 0 Å². The van der Waals surface area contributed by atoms with Crippen molar-refractivity contribution in [3.8, 4) is 11.5 Å². The number of nitrogens with zero attached hydrogens (tertiary/aromatic N) is 1. The van der Waals surface area contributed by atoms with E-state index in [0.29, 0.717) is 36.1 Å². The van der Waals surface area contributed by atoms with Crippen LogP contribution in [-0.2, 0) is 16.6 Å². The Morgan fingerprint density at radius 3 is 2.64 bits per heavy atom. The summed E-state index contributed by atoms with van der Waals surface area (Å²) in [4.78, 5) is 0.199. The van der Waals surface area contributed by atoms with Gasteiger partial charge in [-0.3, -0.25) is 5.10 Å². The minimum Gasteiger partial charge on any atom is -0.486 e. The molecule has 0 amide bonds. The molecule has 0 radical (unpaired) electrons. The number of sulfonamides is 1. The molecule has 1 aliphatic heterocycles. The Balaban J connectivity index is 1.77. The molecule has 2 N–H and O–H groups in total. The first-order valence-corrected chi connectivity index (χ1v) is 8.35. The maximum Gasteiger partial charge on any atom is 0.244 e. The zero-order valence-electron chi connectivity index (χ0n) is 12.3. The third kappa shape index (κ3) is 2.79. The molecule has 0 spiro atoms. The van der Waals surface area contributed by atoms with Crippen molar-refractivity contribution in [2.75, 3.05) is 13.2 Å². The number of benzene rings is 1. The molecule has 0 unspecified atom stereocenters. The average molecular weight is 323 g/mol. The van der Waals surface area contributed by atoms with Crippen LogP contribution in [0.15, 0.2) is 23.1 Å². The van der Waals surface area contributed by atoms with E-state index in [2.05, 4.69) is 14.9 Å². The molecule has 0 fully saturated rings. The topological polar surface area (TPSA) is 93.3 Å². The molecule has 0 saturated carbocycles. The molecule has 2 heterocycles. The van der Waals surface area contributed by atoms with Crippen LogP contribution in [0.4, 0.5) is 0 Å². The average Bonchev–Trinajstić information content (AvgIpc) is 2.85. The summed E-state index contributed by atoms with van der Waals surface area (Å²) in [6, 6.07) is 5.38. The lowest BCUT2D eigenvalue weighted by Gasteiger charge is -2.19. The van der Waals surface area contributed by atoms with Gasteiger partial charge in [0.15, 0.2) is 11.5 Å². The molecule has 22 heavy (non-hydrogen) atoms. The van der Waals surface area contributed by atoms with E-state index in [1.54, 1.807) is 26.0 Å². The molecule has 8 heteroatoms. The van der Waals surface area contributed by atoms with Crippen LogP contribution in [0.5, 0.6) is 11.5 Å². The Bertz CT molecular complexity index is 779. The lowest BCUT2D eigenvalue weighted by molar-refractivity contribution is 0.171. The number of aryl methyl sites for hydroxylation is 2. The van der Waals surface area contributed by atoms with Gasteiger partial charge in [0.25, 0.3) is 0 Å². The van der Waals surface area contributed by atoms with Crippen LogP contribution in [0, 0.1) is 13.8 Å². The van der Waals surface area contributed by atoms with Gasteiger partial charge in [0.2, 0.25) is 10.0 Å². The van der Waals surface area contributed by atoms with E-state index in [1.807, 2.05) is 6.07 Å². The van der Waals surface area contributed by atoms with Gasteiger partial charge in [0.05, 0.1) is 11.4 Å². The highest BCUT2D eigenvalue weighted by atomic mass is 32.2. The summed E-state index contributed by atoms with van der Waals surface area (Å²) in [6.07, 6.45) is 0. The van der Waals surface area contributed by atoms with Crippen LogP contribution in [0.2, 0.25) is 0 Å². The lowest BCUT2D eigenvalue weighted by atomic mass is 10.2. The number of rotatable bonds is 4. The van der Waals surface area contributed by atoms with Crippen LogP contribution in [0.3, 0.4) is 0 Å². The fourth-order valence-corrected chi connectivity index (χ4v) is 3.77. The summed E-state index contributed by atoms with van der Waals surface area (Å²) in [5.74, 6) is 1.32. The number of aromatic nitrogens is 2. The summed E-state index contributed by atoms with van der Waals surface area (Å²) >= 11 is 0. The standard InChI is InChI=1S/C14H17N3O4S/c1-9-14(10(2)17-16-9)22(18,19)15-8-11-3-4-12-13(7-11)21-6-5-20-12/h3-4,7,15H,5-6,8H2,1-2H3,(H,16,17). The molecule has 0 atom stereocenters. The smallest absolute Gasteiger partial charge is 0.244 e. The summed E-state index contributed by atoms with van der Waals surface area (Å²) in [6.45, 7) is 4.53. The normalized spacial score (nSPS) is 14.1. The maximum atomic E-state index is 12.4. The van der Waals surface area contributed by atoms with Crippen molar-refractivity contribution >= 4 is 10.0 Å². The van der Waals surface area contributed by atoms with E-state index < -0.39 is 10.0 Å². The van der Waals surface area contributed by atoms with E-state index in [9.17, 15) is 8.42 Å². The van der Waals surface area contributed by atoms with Crippen LogP contribution >= 0.6 is 0 Å². The Morgan fingerprint density at radius 2 is 1.95 bits per heavy atom. The zero-order valence-corrected chi connectivity index (χ0v) is 13.2. The van der Waals surface area contributed by atoms with Crippen molar-refractivity contribution in [3.05, 3.63) is 35.2 Å². The highest BCUT2D eigenvalue weighted by Gasteiger charge is 2.22. The number of fused-ring (bicyclic) bond motifs is 1. The Kier molecular flexibility index (Phi) is 3.79. The third-order valence-corrected chi connectivity index (χ3v) is 5.07. The number of nitrogens with one attached hydrogen (secondary N) is 2. The summed E-state index contributed by atoms with van der Waals surface area (Å²) in [7, 11) is -3.61. The van der Waals surface area contributed by atoms with Crippen LogP contribution < -0.4 is 14.2 Å². The van der Waals surface area contributed by atoms with Gasteiger partial charge in [-0.25, -0.2) is 13.1 Å². The molecule has 2 aromatic rings. The maximum absolute atomic E-state index is 12.4. The van der Waals surface area contributed by atoms with Crippen molar-refractivity contribution < 1.29 is 17.9 Å². The Hall–Kier alpha value is -2.06. The quantitative estimate of drug-likeness (QED) is 0.884. The molecule has 118 valence electrons. The lowest BCUT2D eigenvalue weighted by Crippen LogP contribution is -2.24. The molecular weight excluding hydrogens is 306 g/mol. The second-order valence-corrected chi connectivity index (χ2v) is 6.77. The van der Waals surface area contributed by atoms with Gasteiger partial charge >= 0.3 is 0 Å². The number of aromatic amines is 1. The first-order valence-electron chi connectivity index (χ1n) is 6.87. The fraction of sp³-hybridized carbons (Fsp3) is 0.357. The van der Waals surface area contributed by atoms with Crippen molar-refractivity contribution in [1.82, 2.24) is 14.9 Å². The molecular formula is C14H17N3O4S. The van der Waals surface area contributed by atoms with Gasteiger partial charge in [-0.2, -0.15) is 5.10 Å². The van der Waals surface area contributed by atoms with Gasteiger partial charge in [-0.15, -0.1) is 0 Å². The summed E-state index contributed by atoms with van der Waals surface area (Å²) in [5, 5.41) is 6.59. The highest BCUT2D eigenvalue weighted by Crippen LogP contribution is 2.30. The summed E-state index contributed by atoms with van der Waals surface area (Å²) in [5.41, 5.74) is 1.77. The Morgan fingerprint density at radius 1 is 1.23 bits per heavy atom. The number of H-pyrrole nitrogens is 1. The molecule has 1 aliphatic rings. The predicted molar refractivity (Wildman–Crippen MR) is 79.5 cm³/mol. The molecule has 7 nitrogen and oxygen atoms in total. The number of ether oxygens (including phenoxy) is 2. The van der Waals surface area contributed by atoms with Gasteiger partial charge in [-0.05, 0) is 31.5 Å². The number of hydrogen-bond acceptors (Lipinski definition) is 5. The molecule has 3 rings (SSSR count). The largest absolute Gasteiger partial charge is 0.486 e. The minimum atomic E-state index is -3.61. The van der Waals surface area contributed by atoms with Gasteiger partial charge in [-0.1, -0.05) is 6.07 Å². The van der Waals surface area contributed by atoms with Gasteiger partial charge in [0.1, 0.15) is 18.1 Å². The fourth-order valence-electron chi connectivity index (χ4n) is 2.38. The van der Waals surface area contributed by atoms with Crippen LogP contribution in [0.25, 0.3) is 0 Å². The molecule has 1 aromatic heterocycles. The second-order valence-electron chi connectivity index (χ2n) is 5.07. The van der Waals surface area contributed by atoms with Crippen LogP contribution in [0.1, 0.15) is 17.0 Å². The van der Waals surface area contributed by atoms with Gasteiger partial charge in [0, 0.05) is 6.54 Å². The van der Waals surface area contributed by atoms with E-state index in [-0.39, 0.29) is 11.4 Å². The molecule has 0 saturated heterocycles. The minimum absolute atomic E-state index is 0.170. The first kappa shape index (κ1) is 14.9. The third-order valence-electron chi connectivity index (χ3n) is 3.40. The second kappa shape index (κ2) is 5.62. The van der Waals surface area contributed by atoms with Crippen LogP contribution in [-0.4, -0.2) is 31.8 Å². The molecule has 0 bridgehead atoms. The van der Waals surface area contributed by atoms with E-state index in [1.165, 1.54) is 0 Å². The van der Waals surface area contributed by atoms with E-state index in [4.69, 9.17) is 9.47 Å². The predicted octanol–water partition coefficient (Wildman–Crippen LogP) is 1.28. The van der Waals surface area contributed by atoms with E-state index in [0.717, 1.165) is 5.56 Å². The monoisotopic (exact) mass is 323 g/mol.